The Balaban J connectivity index is 1.64. The molecule has 0 aromatic heterocycles. The molecule has 2 amide bonds. The summed E-state index contributed by atoms with van der Waals surface area (Å²) in [6, 6.07) is 25.1. The third-order valence-electron chi connectivity index (χ3n) is 8.12. The molecule has 0 saturated heterocycles. The van der Waals surface area contributed by atoms with Gasteiger partial charge in [0.15, 0.2) is 0 Å². The van der Waals surface area contributed by atoms with Crippen LogP contribution >= 0.6 is 0 Å². The minimum atomic E-state index is -1.12. The van der Waals surface area contributed by atoms with Crippen molar-refractivity contribution in [3.8, 4) is 0 Å². The number of carbonyl (C=O) groups is 2. The van der Waals surface area contributed by atoms with Crippen molar-refractivity contribution in [2.24, 2.45) is 0 Å². The van der Waals surface area contributed by atoms with E-state index in [1.54, 1.807) is 25.7 Å². The van der Waals surface area contributed by atoms with E-state index in [9.17, 15) is 14.7 Å². The number of aliphatic hydroxyl groups excluding tert-OH is 1. The lowest BCUT2D eigenvalue weighted by molar-refractivity contribution is 0.0230. The maximum absolute atomic E-state index is 13.9. The zero-order valence-electron chi connectivity index (χ0n) is 27.3. The fourth-order valence-corrected chi connectivity index (χ4v) is 5.60. The number of hydrogen-bond donors (Lipinski definition) is 2. The molecule has 3 aromatic rings. The van der Waals surface area contributed by atoms with Crippen molar-refractivity contribution in [1.82, 2.24) is 10.2 Å². The molecule has 1 aliphatic carbocycles. The van der Waals surface area contributed by atoms with Crippen LogP contribution in [0.1, 0.15) is 81.2 Å². The lowest BCUT2D eigenvalue weighted by Gasteiger charge is -2.36. The first kappa shape index (κ1) is 33.8. The fourth-order valence-electron chi connectivity index (χ4n) is 5.60. The third-order valence-corrected chi connectivity index (χ3v) is 8.12. The van der Waals surface area contributed by atoms with Gasteiger partial charge in [-0.3, -0.25) is 4.90 Å². The SMILES string of the molecule is C=CCc1cccc(C[C@H](NC(=O)OC(C)(C)C)[C@@H](O)CN(C(=O)OCc2ccccc2)C2(c3cccc(C(C)C)c3)CC2)c1. The van der Waals surface area contributed by atoms with Gasteiger partial charge >= 0.3 is 12.2 Å². The van der Waals surface area contributed by atoms with E-state index >= 15 is 0 Å². The Labute approximate surface area is 268 Å². The molecule has 0 spiro atoms. The molecule has 0 bridgehead atoms. The van der Waals surface area contributed by atoms with E-state index in [1.807, 2.05) is 72.8 Å². The van der Waals surface area contributed by atoms with Crippen LogP contribution in [0.25, 0.3) is 0 Å². The zero-order chi connectivity index (χ0) is 32.6. The molecule has 240 valence electrons. The molecular formula is C38H48N2O5. The molecule has 2 N–H and O–H groups in total. The first-order chi connectivity index (χ1) is 21.4. The number of rotatable bonds is 13. The molecule has 7 heteroatoms. The maximum atomic E-state index is 13.9. The molecule has 45 heavy (non-hydrogen) atoms. The highest BCUT2D eigenvalue weighted by atomic mass is 16.6. The highest BCUT2D eigenvalue weighted by Crippen LogP contribution is 2.52. The quantitative estimate of drug-likeness (QED) is 0.194. The summed E-state index contributed by atoms with van der Waals surface area (Å²) in [5.74, 6) is 0.323. The van der Waals surface area contributed by atoms with Gasteiger partial charge in [0.25, 0.3) is 0 Å². The van der Waals surface area contributed by atoms with Crippen LogP contribution < -0.4 is 5.32 Å². The molecule has 2 atom stereocenters. The second-order valence-corrected chi connectivity index (χ2v) is 13.3. The van der Waals surface area contributed by atoms with E-state index < -0.39 is 35.5 Å². The second kappa shape index (κ2) is 14.8. The number of alkyl carbamates (subject to hydrolysis) is 1. The number of amides is 2. The fraction of sp³-hybridized carbons (Fsp3) is 0.421. The van der Waals surface area contributed by atoms with E-state index in [0.717, 1.165) is 35.1 Å². The van der Waals surface area contributed by atoms with Crippen LogP contribution in [0.3, 0.4) is 0 Å². The topological polar surface area (TPSA) is 88.1 Å². The third kappa shape index (κ3) is 9.44. The van der Waals surface area contributed by atoms with Crippen LogP contribution in [0.15, 0.2) is 91.5 Å². The van der Waals surface area contributed by atoms with Gasteiger partial charge in [-0.2, -0.15) is 0 Å². The van der Waals surface area contributed by atoms with Gasteiger partial charge in [0.05, 0.1) is 24.2 Å². The van der Waals surface area contributed by atoms with E-state index in [0.29, 0.717) is 18.8 Å². The number of hydrogen-bond acceptors (Lipinski definition) is 5. The molecule has 0 heterocycles. The van der Waals surface area contributed by atoms with Gasteiger partial charge in [-0.25, -0.2) is 9.59 Å². The normalized spacial score (nSPS) is 15.1. The number of nitrogens with one attached hydrogen (secondary N) is 1. The average molecular weight is 613 g/mol. The van der Waals surface area contributed by atoms with Gasteiger partial charge in [-0.15, -0.1) is 6.58 Å². The van der Waals surface area contributed by atoms with E-state index in [4.69, 9.17) is 9.47 Å². The number of aliphatic hydroxyl groups is 1. The highest BCUT2D eigenvalue weighted by molar-refractivity contribution is 5.71. The van der Waals surface area contributed by atoms with Crippen LogP contribution in [0.5, 0.6) is 0 Å². The Morgan fingerprint density at radius 2 is 1.64 bits per heavy atom. The predicted octanol–water partition coefficient (Wildman–Crippen LogP) is 7.66. The Morgan fingerprint density at radius 1 is 0.978 bits per heavy atom. The maximum Gasteiger partial charge on any atom is 0.410 e. The van der Waals surface area contributed by atoms with Crippen molar-refractivity contribution in [2.75, 3.05) is 6.54 Å². The molecule has 7 nitrogen and oxygen atoms in total. The monoisotopic (exact) mass is 612 g/mol. The summed E-state index contributed by atoms with van der Waals surface area (Å²) >= 11 is 0. The van der Waals surface area contributed by atoms with E-state index in [-0.39, 0.29) is 13.2 Å². The average Bonchev–Trinajstić information content (AvgIpc) is 3.80. The van der Waals surface area contributed by atoms with Crippen LogP contribution in [0.4, 0.5) is 9.59 Å². The van der Waals surface area contributed by atoms with E-state index in [2.05, 4.69) is 37.9 Å². The Hall–Kier alpha value is -4.10. The van der Waals surface area contributed by atoms with Gasteiger partial charge in [-0.1, -0.05) is 98.8 Å². The summed E-state index contributed by atoms with van der Waals surface area (Å²) < 4.78 is 11.4. The molecule has 4 rings (SSSR count). The van der Waals surface area contributed by atoms with Crippen LogP contribution in [-0.4, -0.2) is 46.5 Å². The van der Waals surface area contributed by atoms with Crippen molar-refractivity contribution in [3.63, 3.8) is 0 Å². The first-order valence-corrected chi connectivity index (χ1v) is 15.9. The Bertz CT molecular complexity index is 1440. The van der Waals surface area contributed by atoms with Gasteiger partial charge in [0, 0.05) is 0 Å². The summed E-state index contributed by atoms with van der Waals surface area (Å²) in [5, 5.41) is 14.7. The number of nitrogens with zero attached hydrogens (tertiary/aromatic N) is 1. The van der Waals surface area contributed by atoms with Gasteiger partial charge in [0.1, 0.15) is 12.2 Å². The summed E-state index contributed by atoms with van der Waals surface area (Å²) in [4.78, 5) is 28.6. The van der Waals surface area contributed by atoms with Gasteiger partial charge < -0.3 is 19.9 Å². The van der Waals surface area contributed by atoms with Crippen molar-refractivity contribution >= 4 is 12.2 Å². The summed E-state index contributed by atoms with van der Waals surface area (Å²) in [5.41, 5.74) is 3.78. The largest absolute Gasteiger partial charge is 0.445 e. The zero-order valence-corrected chi connectivity index (χ0v) is 27.3. The molecule has 3 aromatic carbocycles. The summed E-state index contributed by atoms with van der Waals surface area (Å²) in [6.45, 7) is 13.6. The summed E-state index contributed by atoms with van der Waals surface area (Å²) in [7, 11) is 0. The highest BCUT2D eigenvalue weighted by Gasteiger charge is 2.53. The van der Waals surface area contributed by atoms with Crippen molar-refractivity contribution < 1.29 is 24.2 Å². The Morgan fingerprint density at radius 3 is 2.29 bits per heavy atom. The molecule has 1 saturated carbocycles. The predicted molar refractivity (Wildman–Crippen MR) is 178 cm³/mol. The second-order valence-electron chi connectivity index (χ2n) is 13.3. The standard InChI is InChI=1S/C38H48N2O5/c1-7-13-28-16-11-17-30(22-28)23-33(39-35(42)45-37(4,5)6)34(41)25-40(36(43)44-26-29-14-9-8-10-15-29)38(20-21-38)32-19-12-18-31(24-32)27(2)3/h7-12,14-19,22,24,27,33-34,41H,1,13,20-21,23,25-26H2,2-6H3,(H,39,42)/t33-,34-/m0/s1. The Kier molecular flexibility index (Phi) is 11.1. The minimum Gasteiger partial charge on any atom is -0.445 e. The van der Waals surface area contributed by atoms with Gasteiger partial charge in [-0.05, 0) is 80.2 Å². The number of allylic oxidation sites excluding steroid dienone is 1. The minimum absolute atomic E-state index is 0.0354. The smallest absolute Gasteiger partial charge is 0.410 e. The molecule has 1 aliphatic rings. The van der Waals surface area contributed by atoms with Crippen molar-refractivity contribution in [1.29, 1.82) is 0 Å². The number of benzene rings is 3. The summed E-state index contributed by atoms with van der Waals surface area (Å²) in [6.07, 6.45) is 2.13. The number of ether oxygens (including phenoxy) is 2. The van der Waals surface area contributed by atoms with Gasteiger partial charge in [0.2, 0.25) is 0 Å². The lowest BCUT2D eigenvalue weighted by atomic mass is 9.94. The molecule has 0 radical (unpaired) electrons. The van der Waals surface area contributed by atoms with E-state index in [1.165, 1.54) is 5.56 Å². The molecule has 0 unspecified atom stereocenters. The van der Waals surface area contributed by atoms with Crippen LogP contribution in [0.2, 0.25) is 0 Å². The molecule has 1 fully saturated rings. The van der Waals surface area contributed by atoms with Crippen molar-refractivity contribution in [2.45, 2.75) is 96.1 Å². The van der Waals surface area contributed by atoms with Crippen molar-refractivity contribution in [3.05, 3.63) is 119 Å². The lowest BCUT2D eigenvalue weighted by Crippen LogP contribution is -2.53. The number of carbonyl (C=O) groups excluding carboxylic acids is 2. The first-order valence-electron chi connectivity index (χ1n) is 15.9. The molecular weight excluding hydrogens is 564 g/mol. The molecule has 0 aliphatic heterocycles. The van der Waals surface area contributed by atoms with Crippen LogP contribution in [-0.2, 0) is 34.5 Å². The van der Waals surface area contributed by atoms with Crippen LogP contribution in [0, 0.1) is 0 Å².